The second kappa shape index (κ2) is 8.21. The number of benzene rings is 2. The summed E-state index contributed by atoms with van der Waals surface area (Å²) in [6.07, 6.45) is 0. The van der Waals surface area contributed by atoms with Gasteiger partial charge in [0.05, 0.1) is 24.3 Å². The lowest BCUT2D eigenvalue weighted by atomic mass is 10.2. The largest absolute Gasteiger partial charge is 0.493 e. The van der Waals surface area contributed by atoms with Crippen LogP contribution in [0.25, 0.3) is 0 Å². The van der Waals surface area contributed by atoms with Crippen molar-refractivity contribution < 1.29 is 19.1 Å². The number of carbonyl (C=O) groups is 2. The smallest absolute Gasteiger partial charge is 0.271 e. The number of halogens is 1. The highest BCUT2D eigenvalue weighted by Crippen LogP contribution is 2.27. The molecule has 2 amide bonds. The van der Waals surface area contributed by atoms with E-state index in [0.29, 0.717) is 28.7 Å². The maximum atomic E-state index is 12.1. The van der Waals surface area contributed by atoms with Crippen LogP contribution in [0.15, 0.2) is 42.5 Å². The third-order valence-corrected chi connectivity index (χ3v) is 3.46. The molecule has 126 valence electrons. The number of hydrazine groups is 1. The molecule has 0 fully saturated rings. The lowest BCUT2D eigenvalue weighted by molar-refractivity contribution is 0.0846. The molecular weight excluding hydrogens is 332 g/mol. The molecule has 0 saturated carbocycles. The molecule has 2 aromatic rings. The van der Waals surface area contributed by atoms with Crippen molar-refractivity contribution in [2.24, 2.45) is 0 Å². The van der Waals surface area contributed by atoms with E-state index in [0.717, 1.165) is 0 Å². The van der Waals surface area contributed by atoms with Gasteiger partial charge >= 0.3 is 0 Å². The zero-order valence-electron chi connectivity index (χ0n) is 13.3. The number of hydrogen-bond acceptors (Lipinski definition) is 4. The molecule has 6 nitrogen and oxygen atoms in total. The first-order valence-corrected chi connectivity index (χ1v) is 7.60. The number of methoxy groups -OCH3 is 1. The Hall–Kier alpha value is -2.73. The van der Waals surface area contributed by atoms with Crippen molar-refractivity contribution in [3.05, 3.63) is 58.6 Å². The van der Waals surface area contributed by atoms with E-state index in [4.69, 9.17) is 21.1 Å². The van der Waals surface area contributed by atoms with Crippen LogP contribution in [0, 0.1) is 0 Å². The molecule has 7 heteroatoms. The van der Waals surface area contributed by atoms with Gasteiger partial charge in [0, 0.05) is 5.56 Å². The van der Waals surface area contributed by atoms with Gasteiger partial charge in [0.2, 0.25) is 0 Å². The quantitative estimate of drug-likeness (QED) is 0.815. The first-order chi connectivity index (χ1) is 11.6. The second-order valence-electron chi connectivity index (χ2n) is 4.69. The maximum absolute atomic E-state index is 12.1. The Labute approximate surface area is 144 Å². The number of rotatable bonds is 5. The number of ether oxygens (including phenoxy) is 2. The average molecular weight is 349 g/mol. The molecule has 2 N–H and O–H groups in total. The van der Waals surface area contributed by atoms with E-state index in [2.05, 4.69) is 10.9 Å². The van der Waals surface area contributed by atoms with Crippen molar-refractivity contribution in [1.29, 1.82) is 0 Å². The second-order valence-corrected chi connectivity index (χ2v) is 5.09. The summed E-state index contributed by atoms with van der Waals surface area (Å²) in [6, 6.07) is 11.3. The Morgan fingerprint density at radius 2 is 1.75 bits per heavy atom. The van der Waals surface area contributed by atoms with E-state index in [1.807, 2.05) is 6.92 Å². The standard InChI is InChI=1S/C17H17ClN2O4/c1-3-24-14-9-8-11(10-15(14)23-2)16(21)19-20-17(22)12-6-4-5-7-13(12)18/h4-10H,3H2,1-2H3,(H,19,21)(H,20,22). The van der Waals surface area contributed by atoms with Crippen molar-refractivity contribution in [3.8, 4) is 11.5 Å². The summed E-state index contributed by atoms with van der Waals surface area (Å²) >= 11 is 5.93. The Morgan fingerprint density at radius 3 is 2.42 bits per heavy atom. The van der Waals surface area contributed by atoms with Crippen LogP contribution < -0.4 is 20.3 Å². The van der Waals surface area contributed by atoms with E-state index < -0.39 is 11.8 Å². The summed E-state index contributed by atoms with van der Waals surface area (Å²) in [6.45, 7) is 2.33. The minimum atomic E-state index is -0.508. The van der Waals surface area contributed by atoms with Crippen molar-refractivity contribution in [3.63, 3.8) is 0 Å². The highest BCUT2D eigenvalue weighted by atomic mass is 35.5. The molecule has 2 rings (SSSR count). The molecular formula is C17H17ClN2O4. The molecule has 0 unspecified atom stereocenters. The molecule has 0 aliphatic rings. The van der Waals surface area contributed by atoms with Gasteiger partial charge < -0.3 is 9.47 Å². The fraction of sp³-hybridized carbons (Fsp3) is 0.176. The topological polar surface area (TPSA) is 76.7 Å². The summed E-state index contributed by atoms with van der Waals surface area (Å²) in [5.41, 5.74) is 5.24. The predicted molar refractivity (Wildman–Crippen MR) is 90.5 cm³/mol. The summed E-state index contributed by atoms with van der Waals surface area (Å²) in [5.74, 6) is -0.0258. The Bertz CT molecular complexity index is 749. The third kappa shape index (κ3) is 4.17. The van der Waals surface area contributed by atoms with Crippen LogP contribution in [0.2, 0.25) is 5.02 Å². The van der Waals surface area contributed by atoms with E-state index in [-0.39, 0.29) is 5.56 Å². The molecule has 0 saturated heterocycles. The van der Waals surface area contributed by atoms with Crippen molar-refractivity contribution in [1.82, 2.24) is 10.9 Å². The Kier molecular flexibility index (Phi) is 6.03. The summed E-state index contributed by atoms with van der Waals surface area (Å²) < 4.78 is 10.6. The van der Waals surface area contributed by atoms with Gasteiger partial charge in [0.15, 0.2) is 11.5 Å². The lowest BCUT2D eigenvalue weighted by Gasteiger charge is -2.12. The van der Waals surface area contributed by atoms with Crippen LogP contribution >= 0.6 is 11.6 Å². The molecule has 2 aromatic carbocycles. The van der Waals surface area contributed by atoms with E-state index in [1.165, 1.54) is 13.2 Å². The fourth-order valence-corrected chi connectivity index (χ4v) is 2.20. The summed E-state index contributed by atoms with van der Waals surface area (Å²) in [4.78, 5) is 24.2. The summed E-state index contributed by atoms with van der Waals surface area (Å²) in [7, 11) is 1.48. The normalized spacial score (nSPS) is 9.96. The van der Waals surface area contributed by atoms with Gasteiger partial charge in [-0.15, -0.1) is 0 Å². The van der Waals surface area contributed by atoms with Crippen LogP contribution in [0.3, 0.4) is 0 Å². The maximum Gasteiger partial charge on any atom is 0.271 e. The third-order valence-electron chi connectivity index (χ3n) is 3.13. The minimum absolute atomic E-state index is 0.267. The zero-order chi connectivity index (χ0) is 17.5. The highest BCUT2D eigenvalue weighted by Gasteiger charge is 2.13. The van der Waals surface area contributed by atoms with Crippen LogP contribution in [0.5, 0.6) is 11.5 Å². The van der Waals surface area contributed by atoms with Crippen LogP contribution in [0.4, 0.5) is 0 Å². The molecule has 0 aliphatic carbocycles. The van der Waals surface area contributed by atoms with Crippen LogP contribution in [-0.2, 0) is 0 Å². The van der Waals surface area contributed by atoms with Crippen molar-refractivity contribution in [2.75, 3.05) is 13.7 Å². The monoisotopic (exact) mass is 348 g/mol. The highest BCUT2D eigenvalue weighted by molar-refractivity contribution is 6.33. The van der Waals surface area contributed by atoms with Crippen LogP contribution in [-0.4, -0.2) is 25.5 Å². The number of hydrogen-bond donors (Lipinski definition) is 2. The SMILES string of the molecule is CCOc1ccc(C(=O)NNC(=O)c2ccccc2Cl)cc1OC. The van der Waals surface area contributed by atoms with E-state index in [9.17, 15) is 9.59 Å². The van der Waals surface area contributed by atoms with Gasteiger partial charge in [0.25, 0.3) is 11.8 Å². The van der Waals surface area contributed by atoms with E-state index >= 15 is 0 Å². The van der Waals surface area contributed by atoms with Gasteiger partial charge in [-0.05, 0) is 37.3 Å². The lowest BCUT2D eigenvalue weighted by Crippen LogP contribution is -2.41. The number of amides is 2. The van der Waals surface area contributed by atoms with Gasteiger partial charge in [-0.2, -0.15) is 0 Å². The van der Waals surface area contributed by atoms with Gasteiger partial charge in [-0.3, -0.25) is 20.4 Å². The van der Waals surface area contributed by atoms with Gasteiger partial charge in [-0.25, -0.2) is 0 Å². The van der Waals surface area contributed by atoms with Crippen LogP contribution in [0.1, 0.15) is 27.6 Å². The zero-order valence-corrected chi connectivity index (χ0v) is 14.0. The minimum Gasteiger partial charge on any atom is -0.493 e. The Balaban J connectivity index is 2.05. The average Bonchev–Trinajstić information content (AvgIpc) is 2.60. The summed E-state index contributed by atoms with van der Waals surface area (Å²) in [5, 5.41) is 0.298. The molecule has 24 heavy (non-hydrogen) atoms. The molecule has 0 spiro atoms. The Morgan fingerprint density at radius 1 is 1.04 bits per heavy atom. The van der Waals surface area contributed by atoms with E-state index in [1.54, 1.807) is 36.4 Å². The number of carbonyl (C=O) groups excluding carboxylic acids is 2. The first kappa shape index (κ1) is 17.6. The van der Waals surface area contributed by atoms with Gasteiger partial charge in [0.1, 0.15) is 0 Å². The predicted octanol–water partition coefficient (Wildman–Crippen LogP) is 2.82. The molecule has 0 aliphatic heterocycles. The molecule has 0 atom stereocenters. The molecule has 0 bridgehead atoms. The molecule has 0 heterocycles. The molecule has 0 radical (unpaired) electrons. The number of nitrogens with one attached hydrogen (secondary N) is 2. The van der Waals surface area contributed by atoms with Gasteiger partial charge in [-0.1, -0.05) is 23.7 Å². The first-order valence-electron chi connectivity index (χ1n) is 7.22. The molecule has 0 aromatic heterocycles. The van der Waals surface area contributed by atoms with Crippen molar-refractivity contribution >= 4 is 23.4 Å². The van der Waals surface area contributed by atoms with Crippen molar-refractivity contribution in [2.45, 2.75) is 6.92 Å². The fourth-order valence-electron chi connectivity index (χ4n) is 1.98.